The van der Waals surface area contributed by atoms with E-state index < -0.39 is 31.0 Å². The van der Waals surface area contributed by atoms with Crippen LogP contribution in [0.5, 0.6) is 0 Å². The summed E-state index contributed by atoms with van der Waals surface area (Å²) in [5, 5.41) is 18.8. The molecule has 0 aliphatic rings. The monoisotopic (exact) mass is 692 g/mol. The Balaban J connectivity index is 0.000000177. The number of hydrogen-bond donors (Lipinski definition) is 4. The van der Waals surface area contributed by atoms with Crippen molar-refractivity contribution in [3.63, 3.8) is 0 Å². The van der Waals surface area contributed by atoms with Crippen LogP contribution in [0.25, 0.3) is 21.8 Å². The molecule has 15 heteroatoms. The number of pyridine rings is 2. The number of fused-ring (bicyclic) bond motifs is 2. The van der Waals surface area contributed by atoms with Crippen LogP contribution in [0.15, 0.2) is 131 Å². The molecule has 0 atom stereocenters. The molecule has 0 saturated carbocycles. The molecular formula is C32H25ClN4O8S2. The number of nitrogens with zero attached hydrogens (tertiary/aromatic N) is 2. The number of nitrogen functional groups attached to an aromatic ring is 1. The van der Waals surface area contributed by atoms with Crippen LogP contribution in [-0.2, 0) is 19.1 Å². The third kappa shape index (κ3) is 9.00. The van der Waals surface area contributed by atoms with Gasteiger partial charge in [0.2, 0.25) is 0 Å². The van der Waals surface area contributed by atoms with E-state index in [2.05, 4.69) is 14.7 Å². The predicted octanol–water partition coefficient (Wildman–Crippen LogP) is 5.86. The average Bonchev–Trinajstić information content (AvgIpc) is 3.04. The standard InChI is InChI=1S/C16H12N2O4S.C9H6ClNO2S.C7H7NO2/c19-16(20)12-6-8-13(9-7-12)18-23(21,22)14-5-1-3-11-4-2-10-17-15(11)14;10-14(12,13)8-5-1-3-7-4-2-6-11-9(7)8;8-6-3-1-5(2-4-6)7(9)10/h1-10,18H,(H,19,20);1-6H;1-4H,8H2,(H,9,10). The van der Waals surface area contributed by atoms with Crippen LogP contribution in [0.2, 0.25) is 0 Å². The van der Waals surface area contributed by atoms with Gasteiger partial charge in [-0.3, -0.25) is 14.7 Å². The number of rotatable bonds is 6. The Hall–Kier alpha value is -5.57. The highest BCUT2D eigenvalue weighted by atomic mass is 35.7. The molecule has 0 unspecified atom stereocenters. The van der Waals surface area contributed by atoms with Gasteiger partial charge in [0.05, 0.1) is 22.2 Å². The number of hydrogen-bond acceptors (Lipinski definition) is 9. The minimum Gasteiger partial charge on any atom is -0.478 e. The van der Waals surface area contributed by atoms with Crippen LogP contribution in [0.1, 0.15) is 20.7 Å². The van der Waals surface area contributed by atoms with E-state index in [0.29, 0.717) is 16.7 Å². The van der Waals surface area contributed by atoms with E-state index in [-0.39, 0.29) is 26.6 Å². The highest BCUT2D eigenvalue weighted by Crippen LogP contribution is 2.24. The molecule has 0 aliphatic carbocycles. The van der Waals surface area contributed by atoms with Crippen molar-refractivity contribution in [1.29, 1.82) is 0 Å². The molecule has 0 amide bonds. The quantitative estimate of drug-likeness (QED) is 0.120. The lowest BCUT2D eigenvalue weighted by Gasteiger charge is -2.10. The number of carboxylic acid groups (broad SMARTS) is 2. The third-order valence-corrected chi connectivity index (χ3v) is 9.05. The summed E-state index contributed by atoms with van der Waals surface area (Å²) in [5.74, 6) is -2.00. The summed E-state index contributed by atoms with van der Waals surface area (Å²) in [6.45, 7) is 0. The Morgan fingerprint density at radius 2 is 1.04 bits per heavy atom. The number of para-hydroxylation sites is 2. The van der Waals surface area contributed by atoms with Gasteiger partial charge < -0.3 is 15.9 Å². The van der Waals surface area contributed by atoms with Crippen molar-refractivity contribution in [2.75, 3.05) is 10.5 Å². The molecular weight excluding hydrogens is 668 g/mol. The van der Waals surface area contributed by atoms with Crippen molar-refractivity contribution in [1.82, 2.24) is 9.97 Å². The lowest BCUT2D eigenvalue weighted by Crippen LogP contribution is -2.13. The first-order chi connectivity index (χ1) is 22.3. The fourth-order valence-corrected chi connectivity index (χ4v) is 6.34. The highest BCUT2D eigenvalue weighted by molar-refractivity contribution is 8.14. The van der Waals surface area contributed by atoms with E-state index in [4.69, 9.17) is 26.6 Å². The van der Waals surface area contributed by atoms with Gasteiger partial charge in [0, 0.05) is 45.2 Å². The zero-order chi connectivity index (χ0) is 34.2. The number of halogens is 1. The maximum atomic E-state index is 12.6. The minimum atomic E-state index is -3.83. The van der Waals surface area contributed by atoms with Gasteiger partial charge in [0.1, 0.15) is 9.79 Å². The molecule has 0 radical (unpaired) electrons. The Morgan fingerprint density at radius 1 is 0.617 bits per heavy atom. The Morgan fingerprint density at radius 3 is 1.51 bits per heavy atom. The van der Waals surface area contributed by atoms with Crippen LogP contribution >= 0.6 is 10.7 Å². The Kier molecular flexibility index (Phi) is 10.7. The fraction of sp³-hybridized carbons (Fsp3) is 0. The van der Waals surface area contributed by atoms with E-state index >= 15 is 0 Å². The predicted molar refractivity (Wildman–Crippen MR) is 179 cm³/mol. The second-order valence-corrected chi connectivity index (χ2v) is 13.7. The van der Waals surface area contributed by atoms with Crippen molar-refractivity contribution in [3.05, 3.63) is 133 Å². The lowest BCUT2D eigenvalue weighted by atomic mass is 10.2. The zero-order valence-electron chi connectivity index (χ0n) is 24.1. The van der Waals surface area contributed by atoms with Crippen LogP contribution in [0.4, 0.5) is 11.4 Å². The molecule has 47 heavy (non-hydrogen) atoms. The molecule has 6 rings (SSSR count). The van der Waals surface area contributed by atoms with Crippen LogP contribution in [-0.4, -0.2) is 49.0 Å². The number of aromatic nitrogens is 2. The topological polar surface area (TPSA) is 207 Å². The Labute approximate surface area is 273 Å². The zero-order valence-corrected chi connectivity index (χ0v) is 26.4. The van der Waals surface area contributed by atoms with Gasteiger partial charge in [-0.2, -0.15) is 0 Å². The molecule has 0 fully saturated rings. The molecule has 0 aliphatic heterocycles. The average molecular weight is 693 g/mol. The normalized spacial score (nSPS) is 11.0. The number of carbonyl (C=O) groups is 2. The third-order valence-electron chi connectivity index (χ3n) is 6.29. The van der Waals surface area contributed by atoms with Gasteiger partial charge in [0.25, 0.3) is 19.1 Å². The highest BCUT2D eigenvalue weighted by Gasteiger charge is 2.18. The molecule has 240 valence electrons. The van der Waals surface area contributed by atoms with Crippen molar-refractivity contribution < 1.29 is 36.6 Å². The van der Waals surface area contributed by atoms with Crippen LogP contribution in [0, 0.1) is 0 Å². The number of carboxylic acids is 2. The molecule has 0 spiro atoms. The first-order valence-corrected chi connectivity index (χ1v) is 17.1. The maximum Gasteiger partial charge on any atom is 0.335 e. The number of anilines is 2. The summed E-state index contributed by atoms with van der Waals surface area (Å²) in [6, 6.07) is 28.3. The molecule has 2 heterocycles. The second-order valence-electron chi connectivity index (χ2n) is 9.52. The number of nitrogens with one attached hydrogen (secondary N) is 1. The van der Waals surface area contributed by atoms with Gasteiger partial charge in [-0.25, -0.2) is 26.4 Å². The summed E-state index contributed by atoms with van der Waals surface area (Å²) in [6.07, 6.45) is 3.07. The lowest BCUT2D eigenvalue weighted by molar-refractivity contribution is 0.0686. The van der Waals surface area contributed by atoms with Crippen molar-refractivity contribution in [3.8, 4) is 0 Å². The van der Waals surface area contributed by atoms with Gasteiger partial charge in [0.15, 0.2) is 0 Å². The Bertz CT molecular complexity index is 2270. The van der Waals surface area contributed by atoms with Gasteiger partial charge >= 0.3 is 11.9 Å². The van der Waals surface area contributed by atoms with Gasteiger partial charge in [-0.15, -0.1) is 0 Å². The van der Waals surface area contributed by atoms with E-state index in [1.54, 1.807) is 60.7 Å². The summed E-state index contributed by atoms with van der Waals surface area (Å²) < 4.78 is 49.9. The van der Waals surface area contributed by atoms with Crippen molar-refractivity contribution >= 4 is 74.9 Å². The molecule has 4 aromatic carbocycles. The first kappa shape index (κ1) is 34.3. The first-order valence-electron chi connectivity index (χ1n) is 13.3. The molecule has 12 nitrogen and oxygen atoms in total. The van der Waals surface area contributed by atoms with E-state index in [1.807, 2.05) is 0 Å². The number of nitrogens with two attached hydrogens (primary N) is 1. The molecule has 0 bridgehead atoms. The van der Waals surface area contributed by atoms with Crippen molar-refractivity contribution in [2.45, 2.75) is 9.79 Å². The largest absolute Gasteiger partial charge is 0.478 e. The van der Waals surface area contributed by atoms with E-state index in [0.717, 1.165) is 10.8 Å². The molecule has 6 aromatic rings. The van der Waals surface area contributed by atoms with Crippen LogP contribution in [0.3, 0.4) is 0 Å². The van der Waals surface area contributed by atoms with Gasteiger partial charge in [-0.1, -0.05) is 36.4 Å². The maximum absolute atomic E-state index is 12.6. The smallest absolute Gasteiger partial charge is 0.335 e. The summed E-state index contributed by atoms with van der Waals surface area (Å²) in [4.78, 5) is 29.3. The fourth-order valence-electron chi connectivity index (χ4n) is 4.08. The number of benzene rings is 4. The molecule has 5 N–H and O–H groups in total. The van der Waals surface area contributed by atoms with E-state index in [9.17, 15) is 26.4 Å². The van der Waals surface area contributed by atoms with E-state index in [1.165, 1.54) is 60.9 Å². The summed E-state index contributed by atoms with van der Waals surface area (Å²) >= 11 is 0. The summed E-state index contributed by atoms with van der Waals surface area (Å²) in [7, 11) is -2.28. The summed E-state index contributed by atoms with van der Waals surface area (Å²) in [5.41, 5.74) is 7.32. The van der Waals surface area contributed by atoms with Crippen molar-refractivity contribution in [2.24, 2.45) is 0 Å². The van der Waals surface area contributed by atoms with Crippen LogP contribution < -0.4 is 10.5 Å². The SMILES string of the molecule is Nc1ccc(C(=O)O)cc1.O=C(O)c1ccc(NS(=O)(=O)c2cccc3cccnc23)cc1.O=S(=O)(Cl)c1cccc2cccnc12. The van der Waals surface area contributed by atoms with Gasteiger partial charge in [-0.05, 0) is 72.8 Å². The minimum absolute atomic E-state index is 0.0530. The number of aromatic carboxylic acids is 2. The molecule has 2 aromatic heterocycles. The number of sulfonamides is 1. The molecule has 0 saturated heterocycles. The second kappa shape index (κ2) is 14.7.